The van der Waals surface area contributed by atoms with Gasteiger partial charge in [-0.3, -0.25) is 0 Å². The van der Waals surface area contributed by atoms with Crippen LogP contribution in [-0.4, -0.2) is 16.2 Å². The van der Waals surface area contributed by atoms with Gasteiger partial charge in [0.15, 0.2) is 5.84 Å². The molecule has 12 rings (SSSR count). The minimum Gasteiger partial charge on any atom is -0.456 e. The molecule has 1 unspecified atom stereocenters. The first-order valence-corrected chi connectivity index (χ1v) is 19.2. The van der Waals surface area contributed by atoms with E-state index in [2.05, 4.69) is 143 Å². The predicted octanol–water partition coefficient (Wildman–Crippen LogP) is 12.7. The first-order valence-electron chi connectivity index (χ1n) is 19.2. The zero-order valence-corrected chi connectivity index (χ0v) is 30.6. The third kappa shape index (κ3) is 4.97. The quantitative estimate of drug-likeness (QED) is 0.192. The fourth-order valence-corrected chi connectivity index (χ4v) is 8.65. The highest BCUT2D eigenvalue weighted by Gasteiger charge is 2.24. The summed E-state index contributed by atoms with van der Waals surface area (Å²) in [5.74, 6) is 1.41. The molecular weight excluding hydrogens is 701 g/mol. The van der Waals surface area contributed by atoms with Crippen molar-refractivity contribution >= 4 is 77.4 Å². The number of nitrogens with zero attached hydrogens (tertiary/aromatic N) is 3. The molecule has 6 nitrogen and oxygen atoms in total. The Bertz CT molecular complexity index is 3440. The molecule has 0 spiro atoms. The minimum atomic E-state index is -0.326. The maximum absolute atomic E-state index is 6.78. The first kappa shape index (κ1) is 31.6. The summed E-state index contributed by atoms with van der Waals surface area (Å²) in [7, 11) is 0. The summed E-state index contributed by atoms with van der Waals surface area (Å²) in [5, 5.41) is 10.2. The molecule has 0 amide bonds. The van der Waals surface area contributed by atoms with Gasteiger partial charge in [-0.1, -0.05) is 115 Å². The van der Waals surface area contributed by atoms with Crippen LogP contribution >= 0.6 is 0 Å². The predicted molar refractivity (Wildman–Crippen MR) is 233 cm³/mol. The summed E-state index contributed by atoms with van der Waals surface area (Å²) in [4.78, 5) is 10.3. The highest BCUT2D eigenvalue weighted by atomic mass is 16.3. The molecule has 0 bridgehead atoms. The molecule has 0 radical (unpaired) electrons. The van der Waals surface area contributed by atoms with Crippen LogP contribution in [0.1, 0.15) is 22.9 Å². The van der Waals surface area contributed by atoms with Crippen molar-refractivity contribution in [3.8, 4) is 16.8 Å². The van der Waals surface area contributed by atoms with Crippen molar-refractivity contribution < 1.29 is 8.83 Å². The second-order valence-electron chi connectivity index (χ2n) is 14.6. The Kier molecular flexibility index (Phi) is 6.89. The van der Waals surface area contributed by atoms with Gasteiger partial charge in [0.2, 0.25) is 0 Å². The van der Waals surface area contributed by atoms with Crippen molar-refractivity contribution in [1.29, 1.82) is 0 Å². The van der Waals surface area contributed by atoms with E-state index in [1.54, 1.807) is 0 Å². The number of aliphatic imine (C=N–C) groups is 2. The average Bonchev–Trinajstić information content (AvgIpc) is 3.96. The molecular formula is C51H32N4O2. The van der Waals surface area contributed by atoms with E-state index >= 15 is 0 Å². The van der Waals surface area contributed by atoms with Crippen molar-refractivity contribution in [2.75, 3.05) is 0 Å². The molecule has 1 aliphatic heterocycles. The number of hydrogen-bond donors (Lipinski definition) is 1. The number of para-hydroxylation sites is 4. The van der Waals surface area contributed by atoms with E-state index in [1.807, 2.05) is 48.5 Å². The van der Waals surface area contributed by atoms with E-state index in [9.17, 15) is 0 Å². The SMILES string of the molecule is c1ccc(C2N=C(c3ccc4oc5ccccc5c4c3)N=C(c3ccc4oc5c(-c6cccc7c6c6ccccc6n7-c6ccccc6)cccc5c4c3)N2)cc1. The molecule has 0 fully saturated rings. The monoisotopic (exact) mass is 732 g/mol. The second-order valence-corrected chi connectivity index (χ2v) is 14.6. The third-order valence-corrected chi connectivity index (χ3v) is 11.3. The number of hydrogen-bond acceptors (Lipinski definition) is 5. The normalized spacial score (nSPS) is 14.5. The van der Waals surface area contributed by atoms with Gasteiger partial charge >= 0.3 is 0 Å². The Balaban J connectivity index is 1.01. The van der Waals surface area contributed by atoms with Crippen molar-refractivity contribution in [2.24, 2.45) is 9.98 Å². The van der Waals surface area contributed by atoms with Gasteiger partial charge in [0.1, 0.15) is 34.3 Å². The van der Waals surface area contributed by atoms with Gasteiger partial charge in [-0.15, -0.1) is 0 Å². The number of furan rings is 2. The summed E-state index contributed by atoms with van der Waals surface area (Å²) in [6.07, 6.45) is -0.326. The molecule has 1 aliphatic rings. The number of aromatic nitrogens is 1. The van der Waals surface area contributed by atoms with E-state index in [1.165, 1.54) is 16.3 Å². The smallest absolute Gasteiger partial charge is 0.159 e. The topological polar surface area (TPSA) is 68.0 Å². The Morgan fingerprint density at radius 3 is 1.98 bits per heavy atom. The zero-order chi connectivity index (χ0) is 37.5. The molecule has 1 N–H and O–H groups in total. The lowest BCUT2D eigenvalue weighted by Crippen LogP contribution is -2.33. The van der Waals surface area contributed by atoms with Crippen LogP contribution in [0.15, 0.2) is 201 Å². The summed E-state index contributed by atoms with van der Waals surface area (Å²) >= 11 is 0. The Morgan fingerprint density at radius 1 is 0.474 bits per heavy atom. The van der Waals surface area contributed by atoms with E-state index < -0.39 is 0 Å². The third-order valence-electron chi connectivity index (χ3n) is 11.3. The molecule has 8 aromatic carbocycles. The fourth-order valence-electron chi connectivity index (χ4n) is 8.65. The van der Waals surface area contributed by atoms with Crippen LogP contribution in [-0.2, 0) is 0 Å². The molecule has 0 saturated carbocycles. The van der Waals surface area contributed by atoms with E-state index in [-0.39, 0.29) is 6.17 Å². The maximum Gasteiger partial charge on any atom is 0.159 e. The van der Waals surface area contributed by atoms with Crippen molar-refractivity contribution in [3.05, 3.63) is 199 Å². The minimum absolute atomic E-state index is 0.326. The van der Waals surface area contributed by atoms with Crippen LogP contribution in [0.25, 0.3) is 82.5 Å². The van der Waals surface area contributed by atoms with E-state index in [0.717, 1.165) is 88.7 Å². The highest BCUT2D eigenvalue weighted by Crippen LogP contribution is 2.43. The average molecular weight is 733 g/mol. The van der Waals surface area contributed by atoms with Gasteiger partial charge < -0.3 is 18.7 Å². The summed E-state index contributed by atoms with van der Waals surface area (Å²) in [5.41, 5.74) is 12.0. The fraction of sp³-hybridized carbons (Fsp3) is 0.0196. The van der Waals surface area contributed by atoms with E-state index in [4.69, 9.17) is 18.8 Å². The van der Waals surface area contributed by atoms with Crippen molar-refractivity contribution in [3.63, 3.8) is 0 Å². The Labute approximate surface area is 326 Å². The van der Waals surface area contributed by atoms with Crippen LogP contribution in [0, 0.1) is 0 Å². The number of fused-ring (bicyclic) bond motifs is 9. The molecule has 3 aromatic heterocycles. The van der Waals surface area contributed by atoms with Gasteiger partial charge in [-0.05, 0) is 77.9 Å². The molecule has 6 heteroatoms. The number of nitrogens with one attached hydrogen (secondary N) is 1. The standard InChI is InChI=1S/C51H32N4O2/c1-3-13-31(14-4-1)49-52-50(32-25-27-45-40(29-32)35-17-8-10-24-44(35)56-45)54-51(53-49)33-26-28-46-41(30-33)38-21-11-20-37(48(38)57-46)36-19-12-23-43-47(36)39-18-7-9-22-42(39)55(43)34-15-5-2-6-16-34/h1-30,49H,(H,52,53,54). The van der Waals surface area contributed by atoms with Crippen molar-refractivity contribution in [2.45, 2.75) is 6.17 Å². The molecule has 0 saturated heterocycles. The molecule has 1 atom stereocenters. The summed E-state index contributed by atoms with van der Waals surface area (Å²) in [6.45, 7) is 0. The second kappa shape index (κ2) is 12.4. The first-order chi connectivity index (χ1) is 28.2. The molecule has 0 aliphatic carbocycles. The van der Waals surface area contributed by atoms with Crippen LogP contribution in [0.5, 0.6) is 0 Å². The van der Waals surface area contributed by atoms with Gasteiger partial charge in [-0.25, -0.2) is 9.98 Å². The van der Waals surface area contributed by atoms with Crippen molar-refractivity contribution in [1.82, 2.24) is 9.88 Å². The van der Waals surface area contributed by atoms with Crippen LogP contribution in [0.4, 0.5) is 0 Å². The van der Waals surface area contributed by atoms with Gasteiger partial charge in [-0.2, -0.15) is 0 Å². The Morgan fingerprint density at radius 2 is 1.11 bits per heavy atom. The summed E-state index contributed by atoms with van der Waals surface area (Å²) < 4.78 is 15.3. The molecule has 57 heavy (non-hydrogen) atoms. The van der Waals surface area contributed by atoms with Crippen LogP contribution in [0.2, 0.25) is 0 Å². The Hall–Kier alpha value is -7.70. The highest BCUT2D eigenvalue weighted by molar-refractivity contribution is 6.20. The lowest BCUT2D eigenvalue weighted by Gasteiger charge is -2.23. The summed E-state index contributed by atoms with van der Waals surface area (Å²) in [6, 6.07) is 63.3. The molecule has 268 valence electrons. The largest absolute Gasteiger partial charge is 0.456 e. The molecule has 11 aromatic rings. The number of rotatable bonds is 5. The van der Waals surface area contributed by atoms with Gasteiger partial charge in [0.05, 0.1) is 11.0 Å². The van der Waals surface area contributed by atoms with E-state index in [0.29, 0.717) is 5.84 Å². The maximum atomic E-state index is 6.78. The van der Waals surface area contributed by atoms with Gasteiger partial charge in [0, 0.05) is 54.7 Å². The zero-order valence-electron chi connectivity index (χ0n) is 30.6. The van der Waals surface area contributed by atoms with Crippen LogP contribution < -0.4 is 5.32 Å². The molecule has 4 heterocycles. The lowest BCUT2D eigenvalue weighted by molar-refractivity contribution is 0.668. The lowest BCUT2D eigenvalue weighted by atomic mass is 9.97. The number of benzene rings is 8. The van der Waals surface area contributed by atoms with Crippen LogP contribution in [0.3, 0.4) is 0 Å². The van der Waals surface area contributed by atoms with Gasteiger partial charge in [0.25, 0.3) is 0 Å². The number of amidine groups is 2.